The molecule has 0 saturated carbocycles. The van der Waals surface area contributed by atoms with E-state index in [0.29, 0.717) is 25.5 Å². The molecule has 0 amide bonds. The van der Waals surface area contributed by atoms with Crippen molar-refractivity contribution < 1.29 is 4.92 Å². The van der Waals surface area contributed by atoms with Crippen LogP contribution < -0.4 is 10.2 Å². The summed E-state index contributed by atoms with van der Waals surface area (Å²) in [4.78, 5) is 21.1. The fourth-order valence-corrected chi connectivity index (χ4v) is 2.39. The predicted octanol–water partition coefficient (Wildman–Crippen LogP) is 2.89. The molecule has 7 nitrogen and oxygen atoms in total. The van der Waals surface area contributed by atoms with E-state index in [1.807, 2.05) is 49.1 Å². The van der Waals surface area contributed by atoms with Gasteiger partial charge in [0.15, 0.2) is 0 Å². The maximum atomic E-state index is 11.5. The van der Waals surface area contributed by atoms with Gasteiger partial charge in [-0.1, -0.05) is 30.3 Å². The van der Waals surface area contributed by atoms with Gasteiger partial charge in [-0.25, -0.2) is 9.97 Å². The van der Waals surface area contributed by atoms with Crippen molar-refractivity contribution >= 4 is 17.3 Å². The standard InChI is InChI=1S/C16H21N5O2/c1-3-20(4-2)16-14(21(22)23)15(18-12-19-16)17-11-10-13-8-6-5-7-9-13/h5-9,12H,3-4,10-11H2,1-2H3,(H,17,18,19). The van der Waals surface area contributed by atoms with E-state index in [1.165, 1.54) is 11.9 Å². The summed E-state index contributed by atoms with van der Waals surface area (Å²) in [5.74, 6) is 0.625. The van der Waals surface area contributed by atoms with Crippen LogP contribution in [0.15, 0.2) is 36.7 Å². The van der Waals surface area contributed by atoms with Crippen LogP contribution >= 0.6 is 0 Å². The number of anilines is 2. The van der Waals surface area contributed by atoms with Gasteiger partial charge in [-0.05, 0) is 25.8 Å². The summed E-state index contributed by atoms with van der Waals surface area (Å²) in [6.45, 7) is 5.75. The summed E-state index contributed by atoms with van der Waals surface area (Å²) < 4.78 is 0. The molecule has 0 fully saturated rings. The van der Waals surface area contributed by atoms with Crippen molar-refractivity contribution in [1.29, 1.82) is 0 Å². The first-order chi connectivity index (χ1) is 11.2. The zero-order valence-corrected chi connectivity index (χ0v) is 13.4. The smallest absolute Gasteiger partial charge is 0.353 e. The van der Waals surface area contributed by atoms with Crippen LogP contribution in [0.3, 0.4) is 0 Å². The van der Waals surface area contributed by atoms with Gasteiger partial charge in [0.2, 0.25) is 11.6 Å². The van der Waals surface area contributed by atoms with E-state index in [-0.39, 0.29) is 11.5 Å². The summed E-state index contributed by atoms with van der Waals surface area (Å²) >= 11 is 0. The third-order valence-electron chi connectivity index (χ3n) is 3.60. The molecule has 0 radical (unpaired) electrons. The largest absolute Gasteiger partial charge is 0.364 e. The van der Waals surface area contributed by atoms with Crippen LogP contribution in [0.2, 0.25) is 0 Å². The van der Waals surface area contributed by atoms with Gasteiger partial charge in [0.25, 0.3) is 0 Å². The van der Waals surface area contributed by atoms with Crippen LogP contribution in [0.1, 0.15) is 19.4 Å². The lowest BCUT2D eigenvalue weighted by molar-refractivity contribution is -0.383. The molecule has 0 bridgehead atoms. The Bertz CT molecular complexity index is 644. The van der Waals surface area contributed by atoms with Crippen LogP contribution in [-0.4, -0.2) is 34.5 Å². The summed E-state index contributed by atoms with van der Waals surface area (Å²) in [5, 5.41) is 14.5. The first kappa shape index (κ1) is 16.7. The fraction of sp³-hybridized carbons (Fsp3) is 0.375. The molecule has 0 aliphatic carbocycles. The van der Waals surface area contributed by atoms with E-state index in [0.717, 1.165) is 6.42 Å². The van der Waals surface area contributed by atoms with Crippen molar-refractivity contribution in [2.24, 2.45) is 0 Å². The minimum Gasteiger partial charge on any atom is -0.364 e. The first-order valence-electron chi connectivity index (χ1n) is 7.69. The Morgan fingerprint density at radius 1 is 1.17 bits per heavy atom. The van der Waals surface area contributed by atoms with E-state index in [2.05, 4.69) is 15.3 Å². The average Bonchev–Trinajstić information content (AvgIpc) is 2.57. The number of benzene rings is 1. The van der Waals surface area contributed by atoms with Gasteiger partial charge in [-0.3, -0.25) is 10.1 Å². The Hall–Kier alpha value is -2.70. The fourth-order valence-electron chi connectivity index (χ4n) is 2.39. The Kier molecular flexibility index (Phi) is 5.85. The van der Waals surface area contributed by atoms with Crippen LogP contribution in [0.5, 0.6) is 0 Å². The summed E-state index contributed by atoms with van der Waals surface area (Å²) in [5.41, 5.74) is 1.10. The molecule has 2 rings (SSSR count). The zero-order chi connectivity index (χ0) is 16.7. The van der Waals surface area contributed by atoms with Crippen molar-refractivity contribution in [3.8, 4) is 0 Å². The van der Waals surface area contributed by atoms with E-state index < -0.39 is 4.92 Å². The van der Waals surface area contributed by atoms with Gasteiger partial charge < -0.3 is 10.2 Å². The Morgan fingerprint density at radius 3 is 2.48 bits per heavy atom. The molecule has 23 heavy (non-hydrogen) atoms. The SMILES string of the molecule is CCN(CC)c1ncnc(NCCc2ccccc2)c1[N+](=O)[O-]. The first-order valence-corrected chi connectivity index (χ1v) is 7.69. The average molecular weight is 315 g/mol. The highest BCUT2D eigenvalue weighted by molar-refractivity contribution is 5.70. The number of hydrogen-bond donors (Lipinski definition) is 1. The van der Waals surface area contributed by atoms with Gasteiger partial charge in [0, 0.05) is 19.6 Å². The van der Waals surface area contributed by atoms with Crippen LogP contribution in [0, 0.1) is 10.1 Å². The molecule has 1 aromatic carbocycles. The highest BCUT2D eigenvalue weighted by Crippen LogP contribution is 2.31. The van der Waals surface area contributed by atoms with Gasteiger partial charge in [0.05, 0.1) is 4.92 Å². The molecule has 0 unspecified atom stereocenters. The number of aromatic nitrogens is 2. The maximum Gasteiger partial charge on any atom is 0.353 e. The molecule has 2 aromatic rings. The molecule has 0 atom stereocenters. The summed E-state index contributed by atoms with van der Waals surface area (Å²) in [7, 11) is 0. The molecule has 0 aliphatic rings. The van der Waals surface area contributed by atoms with E-state index >= 15 is 0 Å². The van der Waals surface area contributed by atoms with Crippen molar-refractivity contribution in [3.05, 3.63) is 52.3 Å². The molecular formula is C16H21N5O2. The van der Waals surface area contributed by atoms with Crippen molar-refractivity contribution in [1.82, 2.24) is 9.97 Å². The number of rotatable bonds is 8. The zero-order valence-electron chi connectivity index (χ0n) is 13.4. The number of nitro groups is 1. The minimum absolute atomic E-state index is 0.0655. The number of hydrogen-bond acceptors (Lipinski definition) is 6. The van der Waals surface area contributed by atoms with E-state index in [1.54, 1.807) is 0 Å². The third kappa shape index (κ3) is 4.15. The molecule has 122 valence electrons. The van der Waals surface area contributed by atoms with Gasteiger partial charge in [-0.15, -0.1) is 0 Å². The molecular weight excluding hydrogens is 294 g/mol. The second-order valence-electron chi connectivity index (χ2n) is 4.99. The van der Waals surface area contributed by atoms with Crippen molar-refractivity contribution in [3.63, 3.8) is 0 Å². The topological polar surface area (TPSA) is 84.2 Å². The van der Waals surface area contributed by atoms with Gasteiger partial charge >= 0.3 is 5.69 Å². The monoisotopic (exact) mass is 315 g/mol. The number of nitrogens with zero attached hydrogens (tertiary/aromatic N) is 4. The molecule has 0 aliphatic heterocycles. The normalized spacial score (nSPS) is 10.3. The second-order valence-corrected chi connectivity index (χ2v) is 4.99. The lowest BCUT2D eigenvalue weighted by Gasteiger charge is -2.20. The predicted molar refractivity (Wildman–Crippen MR) is 90.9 cm³/mol. The maximum absolute atomic E-state index is 11.5. The lowest BCUT2D eigenvalue weighted by Crippen LogP contribution is -2.24. The highest BCUT2D eigenvalue weighted by atomic mass is 16.6. The third-order valence-corrected chi connectivity index (χ3v) is 3.60. The van der Waals surface area contributed by atoms with Gasteiger partial charge in [0.1, 0.15) is 6.33 Å². The van der Waals surface area contributed by atoms with Crippen LogP contribution in [-0.2, 0) is 6.42 Å². The summed E-state index contributed by atoms with van der Waals surface area (Å²) in [6, 6.07) is 9.96. The Balaban J connectivity index is 2.17. The molecule has 1 N–H and O–H groups in total. The Morgan fingerprint density at radius 2 is 1.87 bits per heavy atom. The highest BCUT2D eigenvalue weighted by Gasteiger charge is 2.25. The van der Waals surface area contributed by atoms with Crippen LogP contribution in [0.25, 0.3) is 0 Å². The minimum atomic E-state index is -0.418. The van der Waals surface area contributed by atoms with Gasteiger partial charge in [-0.2, -0.15) is 0 Å². The molecule has 0 spiro atoms. The van der Waals surface area contributed by atoms with Crippen molar-refractivity contribution in [2.75, 3.05) is 29.9 Å². The van der Waals surface area contributed by atoms with E-state index in [9.17, 15) is 10.1 Å². The molecule has 1 aromatic heterocycles. The van der Waals surface area contributed by atoms with Crippen LogP contribution in [0.4, 0.5) is 17.3 Å². The second kappa shape index (κ2) is 8.07. The molecule has 7 heteroatoms. The molecule has 0 saturated heterocycles. The molecule has 1 heterocycles. The quantitative estimate of drug-likeness (QED) is 0.595. The number of nitrogens with one attached hydrogen (secondary N) is 1. The van der Waals surface area contributed by atoms with Crippen molar-refractivity contribution in [2.45, 2.75) is 20.3 Å². The Labute approximate surface area is 135 Å². The summed E-state index contributed by atoms with van der Waals surface area (Å²) in [6.07, 6.45) is 2.13. The lowest BCUT2D eigenvalue weighted by atomic mass is 10.1. The van der Waals surface area contributed by atoms with E-state index in [4.69, 9.17) is 0 Å².